The second-order valence-electron chi connectivity index (χ2n) is 7.96. The molecule has 0 aliphatic rings. The first kappa shape index (κ1) is 22.5. The number of hydrogen-bond acceptors (Lipinski definition) is 5. The van der Waals surface area contributed by atoms with Crippen molar-refractivity contribution >= 4 is 27.8 Å². The summed E-state index contributed by atoms with van der Waals surface area (Å²) in [5.74, 6) is 0.568. The van der Waals surface area contributed by atoms with Crippen molar-refractivity contribution in [2.75, 3.05) is 13.2 Å². The van der Waals surface area contributed by atoms with Crippen molar-refractivity contribution in [2.24, 2.45) is 0 Å². The van der Waals surface area contributed by atoms with Crippen molar-refractivity contribution in [2.45, 2.75) is 39.0 Å². The van der Waals surface area contributed by atoms with E-state index in [1.54, 1.807) is 0 Å². The smallest absolute Gasteiger partial charge is 0.305 e. The molecule has 6 heteroatoms. The monoisotopic (exact) mass is 444 g/mol. The predicted molar refractivity (Wildman–Crippen MR) is 130 cm³/mol. The molecular weight excluding hydrogens is 416 g/mol. The molecule has 0 amide bonds. The van der Waals surface area contributed by atoms with Crippen LogP contribution in [0.4, 0.5) is 0 Å². The number of hydrogen-bond donors (Lipinski definition) is 1. The number of carbonyl (C=O) groups is 1. The summed E-state index contributed by atoms with van der Waals surface area (Å²) < 4.78 is 11.0. The topological polar surface area (TPSA) is 81.3 Å². The van der Waals surface area contributed by atoms with Gasteiger partial charge in [0, 0.05) is 29.7 Å². The van der Waals surface area contributed by atoms with Gasteiger partial charge in [-0.25, -0.2) is 4.98 Å². The van der Waals surface area contributed by atoms with Crippen LogP contribution in [0.1, 0.15) is 43.9 Å². The van der Waals surface area contributed by atoms with Crippen LogP contribution in [0.2, 0.25) is 0 Å². The van der Waals surface area contributed by atoms with Crippen LogP contribution in [0.5, 0.6) is 5.75 Å². The van der Waals surface area contributed by atoms with Crippen LogP contribution in [0, 0.1) is 0 Å². The molecule has 0 radical (unpaired) electrons. The van der Waals surface area contributed by atoms with Gasteiger partial charge in [0.05, 0.1) is 24.2 Å². The van der Waals surface area contributed by atoms with E-state index in [0.717, 1.165) is 46.9 Å². The van der Waals surface area contributed by atoms with Crippen LogP contribution in [-0.2, 0) is 16.0 Å². The zero-order chi connectivity index (χ0) is 23.0. The Morgan fingerprint density at radius 1 is 0.970 bits per heavy atom. The maximum absolute atomic E-state index is 12.7. The van der Waals surface area contributed by atoms with E-state index in [1.807, 2.05) is 67.6 Å². The molecular formula is C27H28N2O4. The Morgan fingerprint density at radius 2 is 1.73 bits per heavy atom. The maximum atomic E-state index is 12.7. The molecule has 0 saturated heterocycles. The second kappa shape index (κ2) is 10.8. The first-order chi connectivity index (χ1) is 16.2. The van der Waals surface area contributed by atoms with Crippen molar-refractivity contribution in [1.82, 2.24) is 9.97 Å². The van der Waals surface area contributed by atoms with Gasteiger partial charge in [0.15, 0.2) is 0 Å². The quantitative estimate of drug-likeness (QED) is 0.207. The zero-order valence-corrected chi connectivity index (χ0v) is 18.8. The molecule has 4 rings (SSSR count). The molecule has 33 heavy (non-hydrogen) atoms. The van der Waals surface area contributed by atoms with Crippen molar-refractivity contribution < 1.29 is 14.3 Å². The third-order valence-electron chi connectivity index (χ3n) is 5.54. The summed E-state index contributed by atoms with van der Waals surface area (Å²) in [6, 6.07) is 19.7. The molecule has 0 aliphatic heterocycles. The zero-order valence-electron chi connectivity index (χ0n) is 18.8. The number of carbonyl (C=O) groups excluding carboxylic acids is 1. The number of rotatable bonds is 10. The van der Waals surface area contributed by atoms with Gasteiger partial charge in [0.25, 0.3) is 5.56 Å². The van der Waals surface area contributed by atoms with E-state index in [0.29, 0.717) is 37.3 Å². The second-order valence-corrected chi connectivity index (χ2v) is 7.96. The van der Waals surface area contributed by atoms with Gasteiger partial charge in [-0.15, -0.1) is 0 Å². The van der Waals surface area contributed by atoms with E-state index in [9.17, 15) is 9.59 Å². The maximum Gasteiger partial charge on any atom is 0.305 e. The molecule has 1 N–H and O–H groups in total. The minimum atomic E-state index is -0.188. The predicted octanol–water partition coefficient (Wildman–Crippen LogP) is 5.17. The van der Waals surface area contributed by atoms with E-state index in [1.165, 1.54) is 0 Å². The Kier molecular flexibility index (Phi) is 7.35. The number of ether oxygens (including phenoxy) is 2. The summed E-state index contributed by atoms with van der Waals surface area (Å²) in [6.45, 7) is 2.76. The van der Waals surface area contributed by atoms with Crippen molar-refractivity contribution in [3.05, 3.63) is 82.3 Å². The SMILES string of the molecule is CCOC(=O)CCCCCOc1cc2[nH]c(=O)c(Cc3ccccc3)nc2c2ccccc12. The number of aromatic amines is 1. The fraction of sp³-hybridized carbons (Fsp3) is 0.296. The third kappa shape index (κ3) is 5.58. The van der Waals surface area contributed by atoms with Crippen molar-refractivity contribution in [1.29, 1.82) is 0 Å². The lowest BCUT2D eigenvalue weighted by molar-refractivity contribution is -0.143. The van der Waals surface area contributed by atoms with E-state index in [2.05, 4.69) is 4.98 Å². The highest BCUT2D eigenvalue weighted by Crippen LogP contribution is 2.31. The molecule has 3 aromatic carbocycles. The summed E-state index contributed by atoms with van der Waals surface area (Å²) >= 11 is 0. The molecule has 1 heterocycles. The lowest BCUT2D eigenvalue weighted by atomic mass is 10.1. The Hall–Kier alpha value is -3.67. The van der Waals surface area contributed by atoms with Crippen molar-refractivity contribution in [3.63, 3.8) is 0 Å². The minimum Gasteiger partial charge on any atom is -0.493 e. The van der Waals surface area contributed by atoms with Gasteiger partial charge in [-0.1, -0.05) is 54.6 Å². The number of nitrogens with zero attached hydrogens (tertiary/aromatic N) is 1. The molecule has 0 unspecified atom stereocenters. The number of aromatic nitrogens is 2. The van der Waals surface area contributed by atoms with Gasteiger partial charge >= 0.3 is 5.97 Å². The van der Waals surface area contributed by atoms with Crippen LogP contribution in [0.25, 0.3) is 21.8 Å². The molecule has 6 nitrogen and oxygen atoms in total. The lowest BCUT2D eigenvalue weighted by Crippen LogP contribution is -2.16. The summed E-state index contributed by atoms with van der Waals surface area (Å²) in [7, 11) is 0. The molecule has 0 fully saturated rings. The summed E-state index contributed by atoms with van der Waals surface area (Å²) in [5.41, 5.74) is 2.77. The minimum absolute atomic E-state index is 0.151. The van der Waals surface area contributed by atoms with Gasteiger partial charge in [0.2, 0.25) is 0 Å². The highest BCUT2D eigenvalue weighted by atomic mass is 16.5. The van der Waals surface area contributed by atoms with Gasteiger partial charge in [-0.3, -0.25) is 9.59 Å². The van der Waals surface area contributed by atoms with Gasteiger partial charge in [-0.05, 0) is 31.7 Å². The average Bonchev–Trinajstić information content (AvgIpc) is 2.83. The number of esters is 1. The van der Waals surface area contributed by atoms with Crippen LogP contribution in [0.3, 0.4) is 0 Å². The average molecular weight is 445 g/mol. The Labute approximate surface area is 192 Å². The van der Waals surface area contributed by atoms with Crippen molar-refractivity contribution in [3.8, 4) is 5.75 Å². The number of unbranched alkanes of at least 4 members (excludes halogenated alkanes) is 2. The highest BCUT2D eigenvalue weighted by Gasteiger charge is 2.13. The fourth-order valence-corrected chi connectivity index (χ4v) is 3.91. The summed E-state index contributed by atoms with van der Waals surface area (Å²) in [6.07, 6.45) is 3.40. The lowest BCUT2D eigenvalue weighted by Gasteiger charge is -2.12. The molecule has 170 valence electrons. The molecule has 0 spiro atoms. The fourth-order valence-electron chi connectivity index (χ4n) is 3.91. The van der Waals surface area contributed by atoms with E-state index >= 15 is 0 Å². The Morgan fingerprint density at radius 3 is 2.52 bits per heavy atom. The van der Waals surface area contributed by atoms with Gasteiger partial charge < -0.3 is 14.5 Å². The molecule has 0 aliphatic carbocycles. The molecule has 0 bridgehead atoms. The largest absolute Gasteiger partial charge is 0.493 e. The van der Waals surface area contributed by atoms with Crippen LogP contribution < -0.4 is 10.3 Å². The molecule has 4 aromatic rings. The molecule has 1 aromatic heterocycles. The van der Waals surface area contributed by atoms with E-state index in [-0.39, 0.29) is 11.5 Å². The van der Waals surface area contributed by atoms with Gasteiger partial charge in [-0.2, -0.15) is 0 Å². The normalized spacial score (nSPS) is 11.1. The Bertz CT molecular complexity index is 1300. The highest BCUT2D eigenvalue weighted by molar-refractivity contribution is 6.07. The number of nitrogens with one attached hydrogen (secondary N) is 1. The van der Waals surface area contributed by atoms with E-state index in [4.69, 9.17) is 14.5 Å². The standard InChI is InChI=1S/C27H28N2O4/c1-2-32-25(30)15-7-4-10-16-33-24-18-22-26(21-14-9-8-13-20(21)24)28-23(27(31)29-22)17-19-11-5-3-6-12-19/h3,5-6,8-9,11-14,18H,2,4,7,10,15-17H2,1H3,(H,29,31). The first-order valence-electron chi connectivity index (χ1n) is 11.4. The van der Waals surface area contributed by atoms with Crippen LogP contribution in [-0.4, -0.2) is 29.2 Å². The van der Waals surface area contributed by atoms with Crippen LogP contribution >= 0.6 is 0 Å². The number of fused-ring (bicyclic) bond motifs is 3. The summed E-state index contributed by atoms with van der Waals surface area (Å²) in [5, 5.41) is 1.90. The first-order valence-corrected chi connectivity index (χ1v) is 11.4. The van der Waals surface area contributed by atoms with E-state index < -0.39 is 0 Å². The molecule has 0 atom stereocenters. The number of H-pyrrole nitrogens is 1. The summed E-state index contributed by atoms with van der Waals surface area (Å²) in [4.78, 5) is 31.9. The molecule has 0 saturated carbocycles. The third-order valence-corrected chi connectivity index (χ3v) is 5.54. The van der Waals surface area contributed by atoms with Crippen LogP contribution in [0.15, 0.2) is 65.5 Å². The Balaban J connectivity index is 1.53. The van der Waals surface area contributed by atoms with Gasteiger partial charge in [0.1, 0.15) is 11.4 Å². The number of benzene rings is 3.